The third-order valence-electron chi connectivity index (χ3n) is 3.74. The molecule has 0 heterocycles. The molecule has 1 aromatic rings. The molecule has 24 heavy (non-hydrogen) atoms. The average molecular weight is 353 g/mol. The summed E-state index contributed by atoms with van der Waals surface area (Å²) in [6.45, 7) is 10.6. The van der Waals surface area contributed by atoms with Gasteiger partial charge < -0.3 is 10.6 Å². The molecule has 1 aromatic carbocycles. The van der Waals surface area contributed by atoms with E-state index < -0.39 is 10.0 Å². The maximum atomic E-state index is 12.4. The third-order valence-corrected chi connectivity index (χ3v) is 5.80. The summed E-state index contributed by atoms with van der Waals surface area (Å²) in [6, 6.07) is 6.70. The van der Waals surface area contributed by atoms with Crippen molar-refractivity contribution >= 4 is 15.9 Å². The molecule has 7 heteroatoms. The van der Waals surface area contributed by atoms with E-state index in [-0.39, 0.29) is 23.4 Å². The number of rotatable bonds is 10. The van der Waals surface area contributed by atoms with Gasteiger partial charge in [0.15, 0.2) is 0 Å². The van der Waals surface area contributed by atoms with Gasteiger partial charge in [0.05, 0.1) is 11.4 Å². The second-order valence-electron chi connectivity index (χ2n) is 5.35. The van der Waals surface area contributed by atoms with Crippen molar-refractivity contribution in [2.45, 2.75) is 31.7 Å². The first-order valence-corrected chi connectivity index (χ1v) is 9.51. The summed E-state index contributed by atoms with van der Waals surface area (Å²) in [5, 5.41) is 5.79. The summed E-state index contributed by atoms with van der Waals surface area (Å²) < 4.78 is 26.3. The molecule has 0 unspecified atom stereocenters. The van der Waals surface area contributed by atoms with Gasteiger partial charge in [-0.05, 0) is 24.6 Å². The van der Waals surface area contributed by atoms with E-state index >= 15 is 0 Å². The van der Waals surface area contributed by atoms with Gasteiger partial charge in [0, 0.05) is 25.7 Å². The molecule has 0 saturated heterocycles. The van der Waals surface area contributed by atoms with Crippen LogP contribution < -0.4 is 10.6 Å². The van der Waals surface area contributed by atoms with Crippen LogP contribution in [0.2, 0.25) is 0 Å². The van der Waals surface area contributed by atoms with E-state index in [1.54, 1.807) is 30.3 Å². The monoisotopic (exact) mass is 353 g/mol. The van der Waals surface area contributed by atoms with E-state index in [4.69, 9.17) is 0 Å². The molecule has 0 aliphatic carbocycles. The molecule has 0 bridgehead atoms. The van der Waals surface area contributed by atoms with Gasteiger partial charge in [-0.2, -0.15) is 4.31 Å². The first-order valence-electron chi connectivity index (χ1n) is 8.07. The van der Waals surface area contributed by atoms with E-state index in [2.05, 4.69) is 17.2 Å². The van der Waals surface area contributed by atoms with Gasteiger partial charge in [0.25, 0.3) is 0 Å². The summed E-state index contributed by atoms with van der Waals surface area (Å²) in [5.41, 5.74) is 0.921. The van der Waals surface area contributed by atoms with Crippen LogP contribution in [-0.4, -0.2) is 44.8 Å². The molecule has 1 atom stereocenters. The maximum absolute atomic E-state index is 12.4. The maximum Gasteiger partial charge on any atom is 0.243 e. The van der Waals surface area contributed by atoms with E-state index in [1.807, 2.05) is 20.8 Å². The molecule has 0 spiro atoms. The molecule has 1 rings (SSSR count). The zero-order valence-corrected chi connectivity index (χ0v) is 15.4. The van der Waals surface area contributed by atoms with Crippen LogP contribution in [0.1, 0.15) is 32.4 Å². The molecule has 0 aliphatic rings. The first kappa shape index (κ1) is 20.3. The summed E-state index contributed by atoms with van der Waals surface area (Å²) in [4.78, 5) is 11.8. The van der Waals surface area contributed by atoms with Crippen LogP contribution in [0, 0.1) is 0 Å². The first-order chi connectivity index (χ1) is 11.4. The number of hydrogen-bond donors (Lipinski definition) is 2. The predicted octanol–water partition coefficient (Wildman–Crippen LogP) is 1.67. The quantitative estimate of drug-likeness (QED) is 0.627. The highest BCUT2D eigenvalue weighted by Gasteiger charge is 2.21. The van der Waals surface area contributed by atoms with E-state index in [1.165, 1.54) is 4.31 Å². The van der Waals surface area contributed by atoms with Crippen LogP contribution in [0.3, 0.4) is 0 Å². The molecule has 0 fully saturated rings. The Kier molecular flexibility index (Phi) is 8.10. The molecule has 134 valence electrons. The zero-order chi connectivity index (χ0) is 18.2. The fraction of sp³-hybridized carbons (Fsp3) is 0.471. The van der Waals surface area contributed by atoms with Crippen molar-refractivity contribution in [3.8, 4) is 0 Å². The van der Waals surface area contributed by atoms with E-state index in [0.717, 1.165) is 5.56 Å². The second-order valence-corrected chi connectivity index (χ2v) is 7.29. The lowest BCUT2D eigenvalue weighted by Crippen LogP contribution is -2.35. The van der Waals surface area contributed by atoms with Crippen LogP contribution >= 0.6 is 0 Å². The van der Waals surface area contributed by atoms with Crippen LogP contribution in [0.4, 0.5) is 0 Å². The fourth-order valence-electron chi connectivity index (χ4n) is 2.25. The molecular weight excluding hydrogens is 326 g/mol. The van der Waals surface area contributed by atoms with Gasteiger partial charge >= 0.3 is 0 Å². The summed E-state index contributed by atoms with van der Waals surface area (Å²) in [5.74, 6) is -0.109. The van der Waals surface area contributed by atoms with Crippen molar-refractivity contribution in [3.05, 3.63) is 42.5 Å². The number of hydrogen-bond acceptors (Lipinski definition) is 4. The molecule has 6 nitrogen and oxygen atoms in total. The second kappa shape index (κ2) is 9.56. The van der Waals surface area contributed by atoms with Crippen molar-refractivity contribution in [1.29, 1.82) is 0 Å². The minimum Gasteiger partial charge on any atom is -0.352 e. The van der Waals surface area contributed by atoms with Crippen LogP contribution in [-0.2, 0) is 14.8 Å². The zero-order valence-electron chi connectivity index (χ0n) is 14.6. The van der Waals surface area contributed by atoms with Gasteiger partial charge in [0.1, 0.15) is 0 Å². The van der Waals surface area contributed by atoms with Crippen LogP contribution in [0.5, 0.6) is 0 Å². The number of nitrogens with one attached hydrogen (secondary N) is 2. The Hall–Kier alpha value is -1.70. The average Bonchev–Trinajstić information content (AvgIpc) is 2.58. The number of sulfonamides is 1. The number of nitrogens with zero attached hydrogens (tertiary/aromatic N) is 1. The molecule has 0 saturated carbocycles. The molecule has 0 aromatic heterocycles. The predicted molar refractivity (Wildman–Crippen MR) is 96.2 cm³/mol. The Balaban J connectivity index is 2.73. The van der Waals surface area contributed by atoms with Gasteiger partial charge in [-0.25, -0.2) is 8.42 Å². The minimum atomic E-state index is -3.44. The van der Waals surface area contributed by atoms with Gasteiger partial charge in [-0.1, -0.05) is 32.1 Å². The lowest BCUT2D eigenvalue weighted by atomic mass is 10.1. The van der Waals surface area contributed by atoms with E-state index in [9.17, 15) is 13.2 Å². The lowest BCUT2D eigenvalue weighted by molar-refractivity contribution is -0.120. The lowest BCUT2D eigenvalue weighted by Gasteiger charge is -2.19. The smallest absolute Gasteiger partial charge is 0.243 e. The Labute approximate surface area is 145 Å². The van der Waals surface area contributed by atoms with Crippen molar-refractivity contribution in [1.82, 2.24) is 14.9 Å². The Morgan fingerprint density at radius 1 is 1.25 bits per heavy atom. The molecular formula is C17H27N3O3S. The number of amides is 1. The Morgan fingerprint density at radius 2 is 1.83 bits per heavy atom. The number of carbonyl (C=O) groups is 1. The number of benzene rings is 1. The highest BCUT2D eigenvalue weighted by atomic mass is 32.2. The Bertz CT molecular complexity index is 638. The van der Waals surface area contributed by atoms with Gasteiger partial charge in [-0.15, -0.1) is 6.58 Å². The summed E-state index contributed by atoms with van der Waals surface area (Å²) in [6.07, 6.45) is 1.62. The van der Waals surface area contributed by atoms with Crippen LogP contribution in [0.15, 0.2) is 41.8 Å². The van der Waals surface area contributed by atoms with Gasteiger partial charge in [0.2, 0.25) is 15.9 Å². The molecule has 0 aliphatic heterocycles. The van der Waals surface area contributed by atoms with E-state index in [0.29, 0.717) is 19.6 Å². The fourth-order valence-corrected chi connectivity index (χ4v) is 3.71. The standard InChI is InChI=1S/C17H27N3O3S/c1-5-12-18-17(21)13-19-14(4)15-8-10-16(11-9-15)24(22,23)20(6-2)7-3/h5,8-11,14,19H,1,6-7,12-13H2,2-4H3,(H,18,21)/t14-/m0/s1. The number of carbonyl (C=O) groups excluding carboxylic acids is 1. The summed E-state index contributed by atoms with van der Waals surface area (Å²) in [7, 11) is -3.44. The Morgan fingerprint density at radius 3 is 2.33 bits per heavy atom. The highest BCUT2D eigenvalue weighted by molar-refractivity contribution is 7.89. The third kappa shape index (κ3) is 5.43. The largest absolute Gasteiger partial charge is 0.352 e. The van der Waals surface area contributed by atoms with Crippen molar-refractivity contribution in [2.24, 2.45) is 0 Å². The summed E-state index contributed by atoms with van der Waals surface area (Å²) >= 11 is 0. The highest BCUT2D eigenvalue weighted by Crippen LogP contribution is 2.19. The van der Waals surface area contributed by atoms with Gasteiger partial charge in [-0.3, -0.25) is 4.79 Å². The topological polar surface area (TPSA) is 78.5 Å². The van der Waals surface area contributed by atoms with Crippen molar-refractivity contribution < 1.29 is 13.2 Å². The van der Waals surface area contributed by atoms with Crippen molar-refractivity contribution in [2.75, 3.05) is 26.2 Å². The molecule has 2 N–H and O–H groups in total. The molecule has 1 amide bonds. The minimum absolute atomic E-state index is 0.0651. The van der Waals surface area contributed by atoms with Crippen LogP contribution in [0.25, 0.3) is 0 Å². The molecule has 0 radical (unpaired) electrons. The van der Waals surface area contributed by atoms with Crippen molar-refractivity contribution in [3.63, 3.8) is 0 Å². The SMILES string of the molecule is C=CCNC(=O)CN[C@@H](C)c1ccc(S(=O)(=O)N(CC)CC)cc1. The normalized spacial score (nSPS) is 12.8.